The number of piperidine rings is 1. The summed E-state index contributed by atoms with van der Waals surface area (Å²) in [6, 6.07) is 8.41. The van der Waals surface area contributed by atoms with Gasteiger partial charge in [-0.3, -0.25) is 4.79 Å². The van der Waals surface area contributed by atoms with Crippen molar-refractivity contribution in [2.45, 2.75) is 51.2 Å². The summed E-state index contributed by atoms with van der Waals surface area (Å²) in [7, 11) is -3.14. The van der Waals surface area contributed by atoms with Crippen LogP contribution in [0.4, 0.5) is 0 Å². The zero-order valence-corrected chi connectivity index (χ0v) is 21.3. The summed E-state index contributed by atoms with van der Waals surface area (Å²) in [5, 5.41) is 18.8. The molecule has 1 amide bonds. The zero-order chi connectivity index (χ0) is 25.1. The Morgan fingerprint density at radius 2 is 1.94 bits per heavy atom. The van der Waals surface area contributed by atoms with E-state index in [-0.39, 0.29) is 23.2 Å². The maximum absolute atomic E-state index is 12.3. The number of benzene rings is 1. The molecule has 0 bridgehead atoms. The van der Waals surface area contributed by atoms with Gasteiger partial charge in [0.25, 0.3) is 0 Å². The lowest BCUT2D eigenvalue weighted by Gasteiger charge is -2.44. The summed E-state index contributed by atoms with van der Waals surface area (Å²) < 4.78 is 26.1. The molecule has 0 radical (unpaired) electrons. The molecule has 1 aliphatic carbocycles. The molecule has 0 saturated carbocycles. The minimum atomic E-state index is -3.14. The van der Waals surface area contributed by atoms with Gasteiger partial charge in [-0.05, 0) is 61.0 Å². The van der Waals surface area contributed by atoms with E-state index in [9.17, 15) is 13.2 Å². The van der Waals surface area contributed by atoms with E-state index in [4.69, 9.17) is 5.11 Å². The van der Waals surface area contributed by atoms with Gasteiger partial charge in [0.15, 0.2) is 0 Å². The number of allylic oxidation sites excluding steroid dienone is 1. The molecule has 1 aromatic rings. The second-order valence-corrected chi connectivity index (χ2v) is 11.9. The van der Waals surface area contributed by atoms with Crippen LogP contribution in [0.3, 0.4) is 0 Å². The third kappa shape index (κ3) is 5.86. The van der Waals surface area contributed by atoms with E-state index >= 15 is 0 Å². The van der Waals surface area contributed by atoms with Crippen molar-refractivity contribution in [1.29, 1.82) is 0 Å². The van der Waals surface area contributed by atoms with Crippen molar-refractivity contribution in [1.82, 2.24) is 20.3 Å². The van der Waals surface area contributed by atoms with Crippen LogP contribution in [0.1, 0.15) is 44.2 Å². The van der Waals surface area contributed by atoms with Gasteiger partial charge in [-0.15, -0.1) is 0 Å². The van der Waals surface area contributed by atoms with Crippen molar-refractivity contribution in [2.75, 3.05) is 32.0 Å². The van der Waals surface area contributed by atoms with Gasteiger partial charge in [0.1, 0.15) is 6.61 Å². The topological polar surface area (TPSA) is 111 Å². The smallest absolute Gasteiger partial charge is 0.245 e. The maximum atomic E-state index is 12.3. The Morgan fingerprint density at radius 3 is 2.60 bits per heavy atom. The third-order valence-electron chi connectivity index (χ3n) is 7.16. The van der Waals surface area contributed by atoms with E-state index in [0.29, 0.717) is 19.6 Å². The number of sulfonamides is 1. The molecule has 9 heteroatoms. The first kappa shape index (κ1) is 25.6. The Bertz CT molecular complexity index is 1130. The molecular formula is C26H36N4O4S. The molecule has 8 nitrogen and oxygen atoms in total. The van der Waals surface area contributed by atoms with Crippen molar-refractivity contribution < 1.29 is 18.3 Å². The first-order valence-electron chi connectivity index (χ1n) is 12.3. The monoisotopic (exact) mass is 500 g/mol. The predicted molar refractivity (Wildman–Crippen MR) is 138 cm³/mol. The first-order valence-corrected chi connectivity index (χ1v) is 13.9. The van der Waals surface area contributed by atoms with E-state index < -0.39 is 16.6 Å². The van der Waals surface area contributed by atoms with E-state index in [0.717, 1.165) is 36.9 Å². The summed E-state index contributed by atoms with van der Waals surface area (Å²) >= 11 is 0. The van der Waals surface area contributed by atoms with Crippen molar-refractivity contribution in [3.63, 3.8) is 0 Å². The molecule has 1 aromatic carbocycles. The maximum Gasteiger partial charge on any atom is 0.245 e. The number of rotatable bonds is 8. The molecule has 1 saturated heterocycles. The largest absolute Gasteiger partial charge is 0.387 e. The quantitative estimate of drug-likeness (QED) is 0.432. The Kier molecular flexibility index (Phi) is 7.80. The number of nitrogens with zero attached hydrogens (tertiary/aromatic N) is 1. The van der Waals surface area contributed by atoms with Crippen LogP contribution < -0.4 is 16.0 Å². The Balaban J connectivity index is 1.49. The molecule has 2 aliphatic heterocycles. The van der Waals surface area contributed by atoms with Gasteiger partial charge in [0, 0.05) is 44.0 Å². The molecule has 1 unspecified atom stereocenters. The number of amides is 1. The Morgan fingerprint density at radius 1 is 1.23 bits per heavy atom. The van der Waals surface area contributed by atoms with Crippen LogP contribution in [0.5, 0.6) is 0 Å². The summed E-state index contributed by atoms with van der Waals surface area (Å²) in [5.74, 6) is -0.239. The molecule has 35 heavy (non-hydrogen) atoms. The van der Waals surface area contributed by atoms with Gasteiger partial charge in [0.05, 0.1) is 5.75 Å². The van der Waals surface area contributed by atoms with Crippen LogP contribution >= 0.6 is 0 Å². The van der Waals surface area contributed by atoms with Crippen LogP contribution in [0.2, 0.25) is 0 Å². The highest BCUT2D eigenvalue weighted by molar-refractivity contribution is 7.89. The number of fused-ring (bicyclic) bond motifs is 1. The van der Waals surface area contributed by atoms with Gasteiger partial charge in [-0.25, -0.2) is 12.7 Å². The summed E-state index contributed by atoms with van der Waals surface area (Å²) in [4.78, 5) is 11.3. The SMILES string of the molecule is CCS(=O)(=O)N1CCC(NC2(C)CC(c3ccc(CNC(=O)CO)cc3)=CC3=CCNC=C32)CC1. The highest BCUT2D eigenvalue weighted by atomic mass is 32.2. The number of aliphatic hydroxyl groups is 1. The second kappa shape index (κ2) is 10.7. The molecule has 190 valence electrons. The number of carbonyl (C=O) groups excluding carboxylic acids is 1. The molecule has 2 heterocycles. The summed E-state index contributed by atoms with van der Waals surface area (Å²) in [5.41, 5.74) is 5.51. The lowest BCUT2D eigenvalue weighted by molar-refractivity contribution is -0.123. The van der Waals surface area contributed by atoms with Crippen LogP contribution in [0.25, 0.3) is 5.57 Å². The van der Waals surface area contributed by atoms with Crippen molar-refractivity contribution in [3.8, 4) is 0 Å². The third-order valence-corrected chi connectivity index (χ3v) is 9.04. The van der Waals surface area contributed by atoms with E-state index in [2.05, 4.69) is 53.4 Å². The fourth-order valence-electron chi connectivity index (χ4n) is 5.17. The average molecular weight is 501 g/mol. The number of aliphatic hydroxyl groups excluding tert-OH is 1. The number of hydrogen-bond donors (Lipinski definition) is 4. The van der Waals surface area contributed by atoms with Crippen LogP contribution in [0.15, 0.2) is 53.8 Å². The van der Waals surface area contributed by atoms with Crippen molar-refractivity contribution >= 4 is 21.5 Å². The molecule has 0 aromatic heterocycles. The van der Waals surface area contributed by atoms with Crippen molar-refractivity contribution in [3.05, 3.63) is 64.9 Å². The first-order chi connectivity index (χ1) is 16.7. The predicted octanol–water partition coefficient (Wildman–Crippen LogP) is 1.66. The normalized spacial score (nSPS) is 23.5. The molecule has 3 aliphatic rings. The van der Waals surface area contributed by atoms with Gasteiger partial charge < -0.3 is 21.1 Å². The molecule has 1 fully saturated rings. The molecular weight excluding hydrogens is 464 g/mol. The molecule has 0 spiro atoms. The van der Waals surface area contributed by atoms with E-state index in [1.165, 1.54) is 16.7 Å². The summed E-state index contributed by atoms with van der Waals surface area (Å²) in [6.07, 6.45) is 8.98. The lowest BCUT2D eigenvalue weighted by Crippen LogP contribution is -2.55. The van der Waals surface area contributed by atoms with E-state index in [1.54, 1.807) is 11.2 Å². The van der Waals surface area contributed by atoms with Gasteiger partial charge in [-0.1, -0.05) is 36.4 Å². The number of hydrogen-bond acceptors (Lipinski definition) is 6. The number of carbonyl (C=O) groups is 1. The molecule has 4 N–H and O–H groups in total. The molecule has 1 atom stereocenters. The fraction of sp³-hybridized carbons (Fsp3) is 0.500. The zero-order valence-electron chi connectivity index (χ0n) is 20.5. The van der Waals surface area contributed by atoms with Crippen LogP contribution in [-0.4, -0.2) is 67.3 Å². The number of nitrogens with one attached hydrogen (secondary N) is 3. The van der Waals surface area contributed by atoms with Gasteiger partial charge >= 0.3 is 0 Å². The number of dihydropyridines is 1. The van der Waals surface area contributed by atoms with E-state index in [1.807, 2.05) is 12.1 Å². The minimum Gasteiger partial charge on any atom is -0.387 e. The average Bonchev–Trinajstić information content (AvgIpc) is 2.87. The van der Waals surface area contributed by atoms with Crippen LogP contribution in [-0.2, 0) is 21.4 Å². The Labute approximate surface area is 208 Å². The highest BCUT2D eigenvalue weighted by Gasteiger charge is 2.39. The van der Waals surface area contributed by atoms with Crippen molar-refractivity contribution in [2.24, 2.45) is 0 Å². The highest BCUT2D eigenvalue weighted by Crippen LogP contribution is 2.41. The van der Waals surface area contributed by atoms with Gasteiger partial charge in [-0.2, -0.15) is 0 Å². The fourth-order valence-corrected chi connectivity index (χ4v) is 6.30. The minimum absolute atomic E-state index is 0.149. The Hall–Kier alpha value is -2.46. The lowest BCUT2D eigenvalue weighted by atomic mass is 9.73. The molecule has 4 rings (SSSR count). The van der Waals surface area contributed by atoms with Gasteiger partial charge in [0.2, 0.25) is 15.9 Å². The second-order valence-electron chi connectivity index (χ2n) is 9.65. The summed E-state index contributed by atoms with van der Waals surface area (Å²) in [6.45, 7) is 5.71. The standard InChI is InChI=1S/C26H36N4O4S/c1-3-35(33,34)30-12-9-23(10-13-30)29-26(2)15-22(14-21-8-11-27-17-24(21)26)20-6-4-19(5-7-20)16-28-25(32)18-31/h4-8,14,17,23,27,29,31H,3,9-13,15-16,18H2,1-2H3,(H,28,32). The van der Waals surface area contributed by atoms with Crippen LogP contribution in [0, 0.1) is 0 Å².